The number of hydrogen-bond acceptors (Lipinski definition) is 2. The zero-order chi connectivity index (χ0) is 17.5. The van der Waals surface area contributed by atoms with Crippen molar-refractivity contribution in [3.05, 3.63) is 71.7 Å². The minimum absolute atomic E-state index is 0. The highest BCUT2D eigenvalue weighted by Gasteiger charge is 2.04. The van der Waals surface area contributed by atoms with E-state index < -0.39 is 0 Å². The first kappa shape index (κ1) is 20.2. The molecule has 3 aromatic rings. The molecule has 0 aliphatic heterocycles. The second-order valence-electron chi connectivity index (χ2n) is 6.07. The maximum atomic E-state index is 4.63. The van der Waals surface area contributed by atoms with Gasteiger partial charge in [-0.3, -0.25) is 4.99 Å². The number of hydrogen-bond donors (Lipinski definition) is 2. The number of fused-ring (bicyclic) bond motifs is 1. The number of aromatic nitrogens is 2. The summed E-state index contributed by atoms with van der Waals surface area (Å²) in [6.45, 7) is 3.62. The summed E-state index contributed by atoms with van der Waals surface area (Å²) in [5.74, 6) is 0.807. The van der Waals surface area contributed by atoms with E-state index in [1.807, 2.05) is 18.2 Å². The SMILES string of the molecule is CN=C(NCCCc1ccccc1)NCc1cn2c(C)cccc2n1.I. The number of rotatable bonds is 6. The van der Waals surface area contributed by atoms with Crippen LogP contribution >= 0.6 is 24.0 Å². The van der Waals surface area contributed by atoms with Gasteiger partial charge in [-0.2, -0.15) is 0 Å². The molecule has 0 bridgehead atoms. The summed E-state index contributed by atoms with van der Waals surface area (Å²) in [5, 5.41) is 6.69. The Bertz CT molecular complexity index is 842. The van der Waals surface area contributed by atoms with Gasteiger partial charge in [0.05, 0.1) is 12.2 Å². The van der Waals surface area contributed by atoms with Crippen molar-refractivity contribution >= 4 is 35.6 Å². The lowest BCUT2D eigenvalue weighted by Gasteiger charge is -2.10. The summed E-state index contributed by atoms with van der Waals surface area (Å²) < 4.78 is 2.10. The fourth-order valence-electron chi connectivity index (χ4n) is 2.82. The number of pyridine rings is 1. The Kier molecular flexibility index (Phi) is 7.90. The number of nitrogens with one attached hydrogen (secondary N) is 2. The van der Waals surface area contributed by atoms with Crippen LogP contribution in [-0.4, -0.2) is 28.9 Å². The Hall–Kier alpha value is -2.09. The fourth-order valence-corrected chi connectivity index (χ4v) is 2.82. The Morgan fingerprint density at radius 2 is 1.88 bits per heavy atom. The lowest BCUT2D eigenvalue weighted by Crippen LogP contribution is -2.37. The zero-order valence-corrected chi connectivity index (χ0v) is 17.6. The highest BCUT2D eigenvalue weighted by molar-refractivity contribution is 14.0. The standard InChI is InChI=1S/C20H25N5.HI/c1-16-8-6-12-19-24-18(15-25(16)19)14-23-20(21-2)22-13-7-11-17-9-4-3-5-10-17;/h3-6,8-10,12,15H,7,11,13-14H2,1-2H3,(H2,21,22,23);1H. The number of nitrogens with zero attached hydrogens (tertiary/aromatic N) is 3. The Balaban J connectivity index is 0.00000243. The summed E-state index contributed by atoms with van der Waals surface area (Å²) in [7, 11) is 1.79. The Morgan fingerprint density at radius 1 is 1.08 bits per heavy atom. The van der Waals surface area contributed by atoms with Gasteiger partial charge in [-0.1, -0.05) is 36.4 Å². The molecular weight excluding hydrogens is 437 g/mol. The molecule has 0 atom stereocenters. The molecule has 2 N–H and O–H groups in total. The van der Waals surface area contributed by atoms with E-state index in [9.17, 15) is 0 Å². The molecule has 1 aromatic carbocycles. The largest absolute Gasteiger partial charge is 0.356 e. The molecule has 0 saturated heterocycles. The molecule has 5 nitrogen and oxygen atoms in total. The van der Waals surface area contributed by atoms with E-state index in [0.717, 1.165) is 36.7 Å². The molecule has 138 valence electrons. The molecule has 2 aromatic heterocycles. The molecular formula is C20H26IN5. The summed E-state index contributed by atoms with van der Waals surface area (Å²) in [5.41, 5.74) is 4.52. The van der Waals surface area contributed by atoms with Crippen LogP contribution in [0.15, 0.2) is 59.7 Å². The van der Waals surface area contributed by atoms with Crippen molar-refractivity contribution in [1.29, 1.82) is 0 Å². The van der Waals surface area contributed by atoms with Crippen molar-refractivity contribution in [2.45, 2.75) is 26.3 Å². The van der Waals surface area contributed by atoms with E-state index in [1.165, 1.54) is 11.3 Å². The van der Waals surface area contributed by atoms with Gasteiger partial charge in [0.15, 0.2) is 5.96 Å². The molecule has 0 spiro atoms. The maximum Gasteiger partial charge on any atom is 0.191 e. The smallest absolute Gasteiger partial charge is 0.191 e. The van der Waals surface area contributed by atoms with Crippen LogP contribution in [0, 0.1) is 6.92 Å². The van der Waals surface area contributed by atoms with Gasteiger partial charge in [-0.15, -0.1) is 24.0 Å². The second kappa shape index (κ2) is 10.2. The van der Waals surface area contributed by atoms with Crippen molar-refractivity contribution in [3.8, 4) is 0 Å². The number of halogens is 1. The Labute approximate surface area is 172 Å². The third-order valence-corrected chi connectivity index (χ3v) is 4.18. The first-order chi connectivity index (χ1) is 12.3. The summed E-state index contributed by atoms with van der Waals surface area (Å²) >= 11 is 0. The van der Waals surface area contributed by atoms with Gasteiger partial charge in [-0.05, 0) is 37.5 Å². The third-order valence-electron chi connectivity index (χ3n) is 4.18. The highest BCUT2D eigenvalue weighted by Crippen LogP contribution is 2.08. The van der Waals surface area contributed by atoms with Gasteiger partial charge in [0.1, 0.15) is 5.65 Å². The van der Waals surface area contributed by atoms with Gasteiger partial charge >= 0.3 is 0 Å². The number of aliphatic imine (C=N–C) groups is 1. The van der Waals surface area contributed by atoms with Crippen LogP contribution in [-0.2, 0) is 13.0 Å². The summed E-state index contributed by atoms with van der Waals surface area (Å²) in [4.78, 5) is 8.91. The van der Waals surface area contributed by atoms with Crippen molar-refractivity contribution in [3.63, 3.8) is 0 Å². The molecule has 3 rings (SSSR count). The quantitative estimate of drug-likeness (QED) is 0.255. The molecule has 0 aliphatic rings. The first-order valence-corrected chi connectivity index (χ1v) is 8.68. The van der Waals surface area contributed by atoms with Crippen molar-refractivity contribution in [1.82, 2.24) is 20.0 Å². The van der Waals surface area contributed by atoms with Crippen molar-refractivity contribution in [2.75, 3.05) is 13.6 Å². The fraction of sp³-hybridized carbons (Fsp3) is 0.300. The van der Waals surface area contributed by atoms with Gasteiger partial charge in [-0.25, -0.2) is 4.98 Å². The molecule has 0 radical (unpaired) electrons. The van der Waals surface area contributed by atoms with Crippen molar-refractivity contribution < 1.29 is 0 Å². The van der Waals surface area contributed by atoms with E-state index in [-0.39, 0.29) is 24.0 Å². The van der Waals surface area contributed by atoms with Crippen LogP contribution < -0.4 is 10.6 Å². The first-order valence-electron chi connectivity index (χ1n) is 8.68. The van der Waals surface area contributed by atoms with Gasteiger partial charge in [0.2, 0.25) is 0 Å². The molecule has 2 heterocycles. The predicted molar refractivity (Wildman–Crippen MR) is 118 cm³/mol. The van der Waals surface area contributed by atoms with Crippen LogP contribution in [0.3, 0.4) is 0 Å². The Morgan fingerprint density at radius 3 is 2.62 bits per heavy atom. The maximum absolute atomic E-state index is 4.63. The van der Waals surface area contributed by atoms with Gasteiger partial charge in [0.25, 0.3) is 0 Å². The average molecular weight is 463 g/mol. The average Bonchev–Trinajstić information content (AvgIpc) is 3.06. The van der Waals surface area contributed by atoms with Gasteiger partial charge < -0.3 is 15.0 Å². The third kappa shape index (κ3) is 5.45. The van der Waals surface area contributed by atoms with E-state index in [1.54, 1.807) is 7.05 Å². The van der Waals surface area contributed by atoms with Crippen LogP contribution in [0.4, 0.5) is 0 Å². The molecule has 0 fully saturated rings. The van der Waals surface area contributed by atoms with Crippen LogP contribution in [0.2, 0.25) is 0 Å². The van der Waals surface area contributed by atoms with Crippen LogP contribution in [0.5, 0.6) is 0 Å². The monoisotopic (exact) mass is 463 g/mol. The minimum atomic E-state index is 0. The summed E-state index contributed by atoms with van der Waals surface area (Å²) in [6.07, 6.45) is 4.20. The van der Waals surface area contributed by atoms with E-state index in [0.29, 0.717) is 6.54 Å². The number of aryl methyl sites for hydroxylation is 2. The van der Waals surface area contributed by atoms with Crippen molar-refractivity contribution in [2.24, 2.45) is 4.99 Å². The van der Waals surface area contributed by atoms with E-state index >= 15 is 0 Å². The molecule has 6 heteroatoms. The molecule has 0 amide bonds. The predicted octanol–water partition coefficient (Wildman–Crippen LogP) is 3.56. The highest BCUT2D eigenvalue weighted by atomic mass is 127. The van der Waals surface area contributed by atoms with Crippen LogP contribution in [0.1, 0.15) is 23.4 Å². The lowest BCUT2D eigenvalue weighted by molar-refractivity contribution is 0.739. The van der Waals surface area contributed by atoms with E-state index in [2.05, 4.69) is 68.5 Å². The zero-order valence-electron chi connectivity index (χ0n) is 15.3. The molecule has 0 unspecified atom stereocenters. The normalized spacial score (nSPS) is 11.2. The van der Waals surface area contributed by atoms with Gasteiger partial charge in [0, 0.05) is 25.5 Å². The molecule has 26 heavy (non-hydrogen) atoms. The lowest BCUT2D eigenvalue weighted by atomic mass is 10.1. The van der Waals surface area contributed by atoms with E-state index in [4.69, 9.17) is 0 Å². The topological polar surface area (TPSA) is 53.7 Å². The van der Waals surface area contributed by atoms with Crippen LogP contribution in [0.25, 0.3) is 5.65 Å². The molecule has 0 saturated carbocycles. The molecule has 0 aliphatic carbocycles. The second-order valence-corrected chi connectivity index (χ2v) is 6.07. The minimum Gasteiger partial charge on any atom is -0.356 e. The summed E-state index contributed by atoms with van der Waals surface area (Å²) in [6, 6.07) is 16.7. The number of guanidine groups is 1. The number of imidazole rings is 1. The number of benzene rings is 1.